The van der Waals surface area contributed by atoms with Crippen molar-refractivity contribution in [1.29, 1.82) is 0 Å². The molecule has 102 valence electrons. The molecule has 2 nitrogen and oxygen atoms in total. The van der Waals surface area contributed by atoms with E-state index in [9.17, 15) is 4.79 Å². The van der Waals surface area contributed by atoms with E-state index in [1.165, 1.54) is 51.4 Å². The highest BCUT2D eigenvalue weighted by Crippen LogP contribution is 2.39. The molecule has 2 heteroatoms. The predicted molar refractivity (Wildman–Crippen MR) is 73.2 cm³/mol. The smallest absolute Gasteiger partial charge is 0.330 e. The maximum Gasteiger partial charge on any atom is 0.330 e. The summed E-state index contributed by atoms with van der Waals surface area (Å²) in [5.41, 5.74) is 0. The summed E-state index contributed by atoms with van der Waals surface area (Å²) in [5.74, 6) is 1.29. The zero-order valence-corrected chi connectivity index (χ0v) is 11.6. The molecule has 0 unspecified atom stereocenters. The van der Waals surface area contributed by atoms with Gasteiger partial charge in [-0.3, -0.25) is 0 Å². The molecule has 2 fully saturated rings. The molecule has 0 radical (unpaired) electrons. The van der Waals surface area contributed by atoms with Crippen LogP contribution in [0.5, 0.6) is 0 Å². The third-order valence-corrected chi connectivity index (χ3v) is 4.58. The lowest BCUT2D eigenvalue weighted by Gasteiger charge is -2.38. The van der Waals surface area contributed by atoms with Crippen LogP contribution < -0.4 is 0 Å². The van der Waals surface area contributed by atoms with E-state index in [1.807, 2.05) is 6.92 Å². The van der Waals surface area contributed by atoms with E-state index in [2.05, 4.69) is 0 Å². The number of esters is 1. The topological polar surface area (TPSA) is 26.3 Å². The molecule has 2 aliphatic rings. The van der Waals surface area contributed by atoms with Gasteiger partial charge in [0.25, 0.3) is 0 Å². The largest absolute Gasteiger partial charge is 0.459 e. The highest BCUT2D eigenvalue weighted by molar-refractivity contribution is 5.81. The van der Waals surface area contributed by atoms with Crippen LogP contribution in [0.1, 0.15) is 64.7 Å². The van der Waals surface area contributed by atoms with Crippen LogP contribution in [0.3, 0.4) is 0 Å². The Hall–Kier alpha value is -0.790. The summed E-state index contributed by atoms with van der Waals surface area (Å²) in [6.07, 6.45) is 15.2. The number of allylic oxidation sites excluding steroid dienone is 1. The van der Waals surface area contributed by atoms with Crippen LogP contribution in [0.15, 0.2) is 12.2 Å². The summed E-state index contributed by atoms with van der Waals surface area (Å²) < 4.78 is 5.67. The molecule has 0 bridgehead atoms. The summed E-state index contributed by atoms with van der Waals surface area (Å²) >= 11 is 0. The van der Waals surface area contributed by atoms with Crippen LogP contribution in [0.4, 0.5) is 0 Å². The van der Waals surface area contributed by atoms with Crippen LogP contribution in [-0.4, -0.2) is 12.1 Å². The van der Waals surface area contributed by atoms with Crippen molar-refractivity contribution >= 4 is 5.97 Å². The van der Waals surface area contributed by atoms with Gasteiger partial charge < -0.3 is 4.74 Å². The minimum Gasteiger partial charge on any atom is -0.459 e. The third kappa shape index (κ3) is 3.60. The number of rotatable bonds is 3. The summed E-state index contributed by atoms with van der Waals surface area (Å²) in [7, 11) is 0. The Kier molecular flexibility index (Phi) is 5.27. The van der Waals surface area contributed by atoms with Gasteiger partial charge >= 0.3 is 5.97 Å². The summed E-state index contributed by atoms with van der Waals surface area (Å²) in [4.78, 5) is 11.6. The first-order valence-electron chi connectivity index (χ1n) is 7.64. The molecule has 18 heavy (non-hydrogen) atoms. The third-order valence-electron chi connectivity index (χ3n) is 4.58. The van der Waals surface area contributed by atoms with Gasteiger partial charge in [-0.25, -0.2) is 4.79 Å². The fourth-order valence-corrected chi connectivity index (χ4v) is 3.70. The standard InChI is InChI=1S/C16H26O2/c1-2-8-16(17)18-15-12-7-6-11-14(15)13-9-4-3-5-10-13/h2,8,13-15H,3-7,9-12H2,1H3/b8-2-/t14-,15+/m1/s1. The monoisotopic (exact) mass is 250 g/mol. The van der Waals surface area contributed by atoms with E-state index in [4.69, 9.17) is 4.74 Å². The maximum atomic E-state index is 11.6. The normalized spacial score (nSPS) is 30.5. The van der Waals surface area contributed by atoms with Crippen molar-refractivity contribution in [3.05, 3.63) is 12.2 Å². The zero-order chi connectivity index (χ0) is 12.8. The lowest BCUT2D eigenvalue weighted by Crippen LogP contribution is -2.35. The second kappa shape index (κ2) is 6.96. The van der Waals surface area contributed by atoms with Gasteiger partial charge in [0.1, 0.15) is 6.10 Å². The van der Waals surface area contributed by atoms with Gasteiger partial charge in [-0.05, 0) is 38.0 Å². The van der Waals surface area contributed by atoms with Crippen molar-refractivity contribution in [1.82, 2.24) is 0 Å². The first kappa shape index (κ1) is 13.6. The van der Waals surface area contributed by atoms with Crippen LogP contribution in [0.25, 0.3) is 0 Å². The lowest BCUT2D eigenvalue weighted by molar-refractivity contribution is -0.149. The Morgan fingerprint density at radius 3 is 2.39 bits per heavy atom. The van der Waals surface area contributed by atoms with E-state index >= 15 is 0 Å². The summed E-state index contributed by atoms with van der Waals surface area (Å²) in [5, 5.41) is 0. The minimum absolute atomic E-state index is 0.148. The van der Waals surface area contributed by atoms with Crippen molar-refractivity contribution in [2.45, 2.75) is 70.8 Å². The average molecular weight is 250 g/mol. The second-order valence-corrected chi connectivity index (χ2v) is 5.82. The van der Waals surface area contributed by atoms with Gasteiger partial charge in [0.05, 0.1) is 0 Å². The number of carbonyl (C=O) groups excluding carboxylic acids is 1. The SMILES string of the molecule is C/C=C\C(=O)O[C@H]1CCCC[C@@H]1C1CCCCC1. The van der Waals surface area contributed by atoms with Gasteiger partial charge in [0.15, 0.2) is 0 Å². The number of hydrogen-bond acceptors (Lipinski definition) is 2. The highest BCUT2D eigenvalue weighted by Gasteiger charge is 2.34. The Morgan fingerprint density at radius 1 is 1.00 bits per heavy atom. The molecule has 2 saturated carbocycles. The fourth-order valence-electron chi connectivity index (χ4n) is 3.70. The molecule has 0 spiro atoms. The summed E-state index contributed by atoms with van der Waals surface area (Å²) in [6.45, 7) is 1.86. The Bertz CT molecular complexity index is 289. The van der Waals surface area contributed by atoms with Crippen molar-refractivity contribution in [2.24, 2.45) is 11.8 Å². The molecule has 0 N–H and O–H groups in total. The van der Waals surface area contributed by atoms with Crippen LogP contribution in [-0.2, 0) is 9.53 Å². The molecule has 0 aromatic heterocycles. The number of ether oxygens (including phenoxy) is 1. The Labute approximate surface area is 111 Å². The van der Waals surface area contributed by atoms with Crippen molar-refractivity contribution in [3.8, 4) is 0 Å². The number of carbonyl (C=O) groups is 1. The number of hydrogen-bond donors (Lipinski definition) is 0. The first-order valence-corrected chi connectivity index (χ1v) is 7.64. The predicted octanol–water partition coefficient (Wildman–Crippen LogP) is 4.24. The van der Waals surface area contributed by atoms with Crippen molar-refractivity contribution < 1.29 is 9.53 Å². The first-order chi connectivity index (χ1) is 8.81. The van der Waals surface area contributed by atoms with Crippen LogP contribution in [0.2, 0.25) is 0 Å². The molecule has 0 aromatic carbocycles. The molecule has 0 aromatic rings. The van der Waals surface area contributed by atoms with E-state index in [1.54, 1.807) is 12.2 Å². The van der Waals surface area contributed by atoms with Gasteiger partial charge in [-0.1, -0.05) is 44.6 Å². The van der Waals surface area contributed by atoms with E-state index in [-0.39, 0.29) is 12.1 Å². The van der Waals surface area contributed by atoms with E-state index < -0.39 is 0 Å². The quantitative estimate of drug-likeness (QED) is 0.553. The van der Waals surface area contributed by atoms with Crippen LogP contribution >= 0.6 is 0 Å². The Balaban J connectivity index is 1.94. The molecule has 0 aliphatic heterocycles. The molecule has 0 saturated heterocycles. The van der Waals surface area contributed by atoms with Gasteiger partial charge in [0, 0.05) is 6.08 Å². The van der Waals surface area contributed by atoms with Crippen LogP contribution in [0, 0.1) is 11.8 Å². The van der Waals surface area contributed by atoms with Gasteiger partial charge in [0.2, 0.25) is 0 Å². The summed E-state index contributed by atoms with van der Waals surface area (Å²) in [6, 6.07) is 0. The Morgan fingerprint density at radius 2 is 1.67 bits per heavy atom. The van der Waals surface area contributed by atoms with Gasteiger partial charge in [-0.15, -0.1) is 0 Å². The minimum atomic E-state index is -0.148. The van der Waals surface area contributed by atoms with Crippen molar-refractivity contribution in [3.63, 3.8) is 0 Å². The zero-order valence-electron chi connectivity index (χ0n) is 11.6. The van der Waals surface area contributed by atoms with E-state index in [0.29, 0.717) is 5.92 Å². The fraction of sp³-hybridized carbons (Fsp3) is 0.812. The lowest BCUT2D eigenvalue weighted by atomic mass is 9.72. The maximum absolute atomic E-state index is 11.6. The van der Waals surface area contributed by atoms with Gasteiger partial charge in [-0.2, -0.15) is 0 Å². The molecule has 2 rings (SSSR count). The molecule has 2 atom stereocenters. The highest BCUT2D eigenvalue weighted by atomic mass is 16.5. The molecule has 0 heterocycles. The average Bonchev–Trinajstić information content (AvgIpc) is 2.40. The molecular formula is C16H26O2. The molecular weight excluding hydrogens is 224 g/mol. The molecule has 0 amide bonds. The second-order valence-electron chi connectivity index (χ2n) is 5.82. The van der Waals surface area contributed by atoms with Crippen molar-refractivity contribution in [2.75, 3.05) is 0 Å². The van der Waals surface area contributed by atoms with E-state index in [0.717, 1.165) is 12.3 Å². The molecule has 2 aliphatic carbocycles.